The van der Waals surface area contributed by atoms with Crippen molar-refractivity contribution in [3.8, 4) is 5.75 Å². The van der Waals surface area contributed by atoms with Crippen molar-refractivity contribution in [2.24, 2.45) is 0 Å². The second-order valence-electron chi connectivity index (χ2n) is 5.94. The molecule has 0 fully saturated rings. The molecular formula is C19H18FN3O4S. The zero-order valence-electron chi connectivity index (χ0n) is 15.3. The van der Waals surface area contributed by atoms with Gasteiger partial charge in [0.05, 0.1) is 13.3 Å². The van der Waals surface area contributed by atoms with E-state index >= 15 is 0 Å². The van der Waals surface area contributed by atoms with Crippen LogP contribution in [0.1, 0.15) is 11.5 Å². The molecule has 0 atom stereocenters. The minimum absolute atomic E-state index is 0.0398. The fraction of sp³-hybridized carbons (Fsp3) is 0.211. The van der Waals surface area contributed by atoms with Gasteiger partial charge in [-0.3, -0.25) is 9.59 Å². The number of nitrogens with zero attached hydrogens (tertiary/aromatic N) is 2. The summed E-state index contributed by atoms with van der Waals surface area (Å²) in [4.78, 5) is 25.3. The van der Waals surface area contributed by atoms with Crippen LogP contribution >= 0.6 is 11.8 Å². The molecule has 0 aliphatic carbocycles. The number of carbonyl (C=O) groups excluding carboxylic acids is 1. The molecule has 0 saturated heterocycles. The van der Waals surface area contributed by atoms with Gasteiger partial charge in [-0.15, -0.1) is 11.8 Å². The number of aryl methyl sites for hydroxylation is 1. The molecule has 0 saturated carbocycles. The normalized spacial score (nSPS) is 10.7. The Balaban J connectivity index is 1.78. The lowest BCUT2D eigenvalue weighted by Gasteiger charge is -2.14. The smallest absolute Gasteiger partial charge is 0.245 e. The first-order valence-electron chi connectivity index (χ1n) is 8.33. The van der Waals surface area contributed by atoms with Gasteiger partial charge in [-0.25, -0.2) is 4.39 Å². The van der Waals surface area contributed by atoms with Gasteiger partial charge in [0.15, 0.2) is 11.6 Å². The van der Waals surface area contributed by atoms with Gasteiger partial charge in [0.25, 0.3) is 0 Å². The summed E-state index contributed by atoms with van der Waals surface area (Å²) in [6.07, 6.45) is 1.50. The van der Waals surface area contributed by atoms with Gasteiger partial charge in [-0.1, -0.05) is 5.16 Å². The zero-order valence-corrected chi connectivity index (χ0v) is 16.1. The van der Waals surface area contributed by atoms with Crippen molar-refractivity contribution < 1.29 is 18.4 Å². The number of halogens is 1. The van der Waals surface area contributed by atoms with Gasteiger partial charge in [0.1, 0.15) is 18.1 Å². The molecule has 2 heterocycles. The number of methoxy groups -OCH3 is 1. The molecular weight excluding hydrogens is 385 g/mol. The lowest BCUT2D eigenvalue weighted by Crippen LogP contribution is -2.22. The number of aromatic nitrogens is 2. The van der Waals surface area contributed by atoms with E-state index in [1.165, 1.54) is 43.3 Å². The second kappa shape index (κ2) is 8.75. The van der Waals surface area contributed by atoms with E-state index < -0.39 is 0 Å². The second-order valence-corrected chi connectivity index (χ2v) is 6.99. The quantitative estimate of drug-likeness (QED) is 0.610. The summed E-state index contributed by atoms with van der Waals surface area (Å²) >= 11 is 1.43. The first kappa shape index (κ1) is 19.7. The van der Waals surface area contributed by atoms with Crippen LogP contribution in [-0.4, -0.2) is 22.7 Å². The number of ether oxygens (including phenoxy) is 1. The maximum absolute atomic E-state index is 13.0. The number of nitrogens with one attached hydrogen (secondary N) is 1. The maximum atomic E-state index is 13.0. The van der Waals surface area contributed by atoms with Crippen LogP contribution in [-0.2, 0) is 17.1 Å². The Kier molecular flexibility index (Phi) is 6.15. The molecule has 1 aromatic carbocycles. The first-order valence-corrected chi connectivity index (χ1v) is 9.32. The van der Waals surface area contributed by atoms with E-state index in [9.17, 15) is 14.0 Å². The summed E-state index contributed by atoms with van der Waals surface area (Å²) in [5.74, 6) is 0.814. The molecule has 1 N–H and O–H groups in total. The molecule has 9 heteroatoms. The molecule has 3 rings (SSSR count). The van der Waals surface area contributed by atoms with Gasteiger partial charge in [0, 0.05) is 28.5 Å². The molecule has 0 aliphatic rings. The average Bonchev–Trinajstić information content (AvgIpc) is 3.07. The third kappa shape index (κ3) is 5.01. The highest BCUT2D eigenvalue weighted by Crippen LogP contribution is 2.23. The van der Waals surface area contributed by atoms with Gasteiger partial charge < -0.3 is 19.1 Å². The van der Waals surface area contributed by atoms with Gasteiger partial charge >= 0.3 is 0 Å². The Hall–Kier alpha value is -3.07. The van der Waals surface area contributed by atoms with E-state index in [1.807, 2.05) is 0 Å². The van der Waals surface area contributed by atoms with Crippen molar-refractivity contribution >= 4 is 23.5 Å². The van der Waals surface area contributed by atoms with Gasteiger partial charge in [-0.2, -0.15) is 0 Å². The molecule has 3 aromatic rings. The number of anilines is 1. The standard InChI is InChI=1S/C19H18FN3O4S/c1-12-7-18(22-27-12)21-19(25)10-23-9-17(26-2)16(24)8-14(23)11-28-15-5-3-13(20)4-6-15/h3-9H,10-11H2,1-2H3,(H,21,22,25). The highest BCUT2D eigenvalue weighted by Gasteiger charge is 2.12. The summed E-state index contributed by atoms with van der Waals surface area (Å²) in [5, 5.41) is 6.36. The summed E-state index contributed by atoms with van der Waals surface area (Å²) in [6, 6.07) is 9.10. The minimum Gasteiger partial charge on any atom is -0.491 e. The van der Waals surface area contributed by atoms with E-state index in [4.69, 9.17) is 9.26 Å². The minimum atomic E-state index is -0.327. The summed E-state index contributed by atoms with van der Waals surface area (Å²) in [5.41, 5.74) is 0.354. The van der Waals surface area contributed by atoms with Crippen LogP contribution in [0.25, 0.3) is 0 Å². The highest BCUT2D eigenvalue weighted by molar-refractivity contribution is 7.98. The van der Waals surface area contributed by atoms with Gasteiger partial charge in [0.2, 0.25) is 11.3 Å². The summed E-state index contributed by atoms with van der Waals surface area (Å²) in [7, 11) is 1.40. The molecule has 0 unspecified atom stereocenters. The fourth-order valence-corrected chi connectivity index (χ4v) is 3.36. The molecule has 0 radical (unpaired) electrons. The fourth-order valence-electron chi connectivity index (χ4n) is 2.47. The topological polar surface area (TPSA) is 86.4 Å². The number of pyridine rings is 1. The van der Waals surface area contributed by atoms with Crippen LogP contribution in [0.2, 0.25) is 0 Å². The number of rotatable bonds is 7. The first-order chi connectivity index (χ1) is 13.4. The molecule has 146 valence electrons. The molecule has 28 heavy (non-hydrogen) atoms. The Morgan fingerprint density at radius 3 is 2.71 bits per heavy atom. The highest BCUT2D eigenvalue weighted by atomic mass is 32.2. The van der Waals surface area contributed by atoms with Crippen molar-refractivity contribution in [2.45, 2.75) is 24.1 Å². The Bertz CT molecular complexity index is 1030. The van der Waals surface area contributed by atoms with Crippen molar-refractivity contribution in [3.63, 3.8) is 0 Å². The van der Waals surface area contributed by atoms with Crippen LogP contribution in [0.4, 0.5) is 10.2 Å². The predicted octanol–water partition coefficient (Wildman–Crippen LogP) is 3.22. The number of benzene rings is 1. The Morgan fingerprint density at radius 1 is 1.32 bits per heavy atom. The van der Waals surface area contributed by atoms with Crippen LogP contribution in [0.3, 0.4) is 0 Å². The number of amides is 1. The third-order valence-corrected chi connectivity index (χ3v) is 4.86. The number of carbonyl (C=O) groups is 1. The number of thioether (sulfide) groups is 1. The molecule has 0 bridgehead atoms. The largest absolute Gasteiger partial charge is 0.491 e. The van der Waals surface area contributed by atoms with E-state index in [2.05, 4.69) is 10.5 Å². The lowest BCUT2D eigenvalue weighted by molar-refractivity contribution is -0.116. The molecule has 0 aliphatic heterocycles. The molecule has 0 spiro atoms. The monoisotopic (exact) mass is 403 g/mol. The van der Waals surface area contributed by atoms with E-state index in [1.54, 1.807) is 29.7 Å². The van der Waals surface area contributed by atoms with Crippen molar-refractivity contribution in [1.29, 1.82) is 0 Å². The SMILES string of the molecule is COc1cn(CC(=O)Nc2cc(C)on2)c(CSc2ccc(F)cc2)cc1=O. The maximum Gasteiger partial charge on any atom is 0.245 e. The van der Waals surface area contributed by atoms with E-state index in [0.29, 0.717) is 23.0 Å². The molecule has 7 nitrogen and oxygen atoms in total. The van der Waals surface area contributed by atoms with Crippen LogP contribution < -0.4 is 15.5 Å². The zero-order chi connectivity index (χ0) is 20.1. The number of hydrogen-bond donors (Lipinski definition) is 1. The predicted molar refractivity (Wildman–Crippen MR) is 103 cm³/mol. The van der Waals surface area contributed by atoms with Crippen molar-refractivity contribution in [2.75, 3.05) is 12.4 Å². The lowest BCUT2D eigenvalue weighted by atomic mass is 10.3. The Morgan fingerprint density at radius 2 is 2.07 bits per heavy atom. The van der Waals surface area contributed by atoms with Crippen LogP contribution in [0, 0.1) is 12.7 Å². The Labute approximate surface area is 164 Å². The van der Waals surface area contributed by atoms with Crippen LogP contribution in [0.5, 0.6) is 5.75 Å². The van der Waals surface area contributed by atoms with Crippen LogP contribution in [0.15, 0.2) is 56.8 Å². The number of hydrogen-bond acceptors (Lipinski definition) is 6. The summed E-state index contributed by atoms with van der Waals surface area (Å²) < 4.78 is 24.7. The van der Waals surface area contributed by atoms with Crippen molar-refractivity contribution in [3.05, 3.63) is 70.1 Å². The van der Waals surface area contributed by atoms with Crippen molar-refractivity contribution in [1.82, 2.24) is 9.72 Å². The average molecular weight is 403 g/mol. The molecule has 1 amide bonds. The van der Waals surface area contributed by atoms with E-state index in [-0.39, 0.29) is 29.4 Å². The van der Waals surface area contributed by atoms with E-state index in [0.717, 1.165) is 4.90 Å². The third-order valence-electron chi connectivity index (χ3n) is 3.81. The molecule has 2 aromatic heterocycles. The summed E-state index contributed by atoms with van der Waals surface area (Å²) in [6.45, 7) is 1.68. The van der Waals surface area contributed by atoms with Gasteiger partial charge in [-0.05, 0) is 31.2 Å².